The summed E-state index contributed by atoms with van der Waals surface area (Å²) in [4.78, 5) is 51.2. The average molecular weight is 754 g/mol. The normalized spacial score (nSPS) is 17.0. The monoisotopic (exact) mass is 752 g/mol. The lowest BCUT2D eigenvalue weighted by molar-refractivity contribution is -0.141. The summed E-state index contributed by atoms with van der Waals surface area (Å²) in [5.41, 5.74) is 2.53. The third-order valence-corrected chi connectivity index (χ3v) is 10.1. The van der Waals surface area contributed by atoms with Gasteiger partial charge in [0.05, 0.1) is 52.7 Å². The first-order valence-corrected chi connectivity index (χ1v) is 17.2. The van der Waals surface area contributed by atoms with Crippen LogP contribution < -0.4 is 20.7 Å². The van der Waals surface area contributed by atoms with Gasteiger partial charge in [0.2, 0.25) is 0 Å². The van der Waals surface area contributed by atoms with Crippen molar-refractivity contribution in [3.05, 3.63) is 93.0 Å². The number of amides is 2. The van der Waals surface area contributed by atoms with Crippen LogP contribution >= 0.6 is 23.2 Å². The van der Waals surface area contributed by atoms with Crippen molar-refractivity contribution in [1.29, 1.82) is 0 Å². The van der Waals surface area contributed by atoms with Crippen LogP contribution in [-0.2, 0) is 22.7 Å². The number of rotatable bonds is 12. The molecule has 2 atom stereocenters. The largest absolute Gasteiger partial charge is 0.496 e. The Morgan fingerprint density at radius 2 is 1.62 bits per heavy atom. The van der Waals surface area contributed by atoms with Crippen LogP contribution in [0.5, 0.6) is 5.75 Å². The van der Waals surface area contributed by atoms with Crippen LogP contribution in [-0.4, -0.2) is 75.4 Å². The second-order valence-corrected chi connectivity index (χ2v) is 13.3. The minimum Gasteiger partial charge on any atom is -0.496 e. The van der Waals surface area contributed by atoms with E-state index >= 15 is 4.39 Å². The van der Waals surface area contributed by atoms with Gasteiger partial charge in [-0.3, -0.25) is 28.8 Å². The number of carboxylic acids is 2. The Balaban J connectivity index is 1.18. The van der Waals surface area contributed by atoms with Gasteiger partial charge < -0.3 is 30.9 Å². The maximum atomic E-state index is 15.0. The number of aliphatic carboxylic acids is 2. The first kappa shape index (κ1) is 36.8. The van der Waals surface area contributed by atoms with Gasteiger partial charge in [0.25, 0.3) is 11.8 Å². The van der Waals surface area contributed by atoms with Gasteiger partial charge in [-0.15, -0.1) is 0 Å². The topological polar surface area (TPSA) is 175 Å². The molecule has 2 aliphatic heterocycles. The van der Waals surface area contributed by atoms with Crippen molar-refractivity contribution in [2.24, 2.45) is 5.92 Å². The molecule has 0 bridgehead atoms. The van der Waals surface area contributed by atoms with Crippen LogP contribution in [0.15, 0.2) is 54.6 Å². The molecule has 1 fully saturated rings. The summed E-state index contributed by atoms with van der Waals surface area (Å²) in [6.45, 7) is 1.26. The fourth-order valence-electron chi connectivity index (χ4n) is 6.66. The summed E-state index contributed by atoms with van der Waals surface area (Å²) in [6, 6.07) is 14.1. The second kappa shape index (κ2) is 15.7. The summed E-state index contributed by atoms with van der Waals surface area (Å²) in [7, 11) is 1.31. The molecule has 2 aliphatic rings. The van der Waals surface area contributed by atoms with Crippen molar-refractivity contribution in [2.45, 2.75) is 38.4 Å². The maximum Gasteiger partial charge on any atom is 0.317 e. The van der Waals surface area contributed by atoms with E-state index in [0.717, 1.165) is 24.6 Å². The number of hydrogen-bond acceptors (Lipinski definition) is 8. The Labute approximate surface area is 307 Å². The maximum absolute atomic E-state index is 15.0. The number of fused-ring (bicyclic) bond motifs is 1. The molecule has 1 saturated heterocycles. The molecule has 1 aromatic heterocycles. The fraction of sp³-hybridized carbons (Fsp3) is 0.306. The Kier molecular flexibility index (Phi) is 11.1. The Bertz CT molecular complexity index is 2060. The Morgan fingerprint density at radius 1 is 0.942 bits per heavy atom. The van der Waals surface area contributed by atoms with Gasteiger partial charge in [0.1, 0.15) is 11.6 Å². The number of carboxylic acid groups (broad SMARTS) is 2. The van der Waals surface area contributed by atoms with Gasteiger partial charge in [-0.1, -0.05) is 47.5 Å². The lowest BCUT2D eigenvalue weighted by atomic mass is 10.0. The molecule has 13 nitrogen and oxygen atoms in total. The van der Waals surface area contributed by atoms with Crippen molar-refractivity contribution in [1.82, 2.24) is 20.0 Å². The number of likely N-dealkylation sites (tertiary alicyclic amines) is 1. The highest BCUT2D eigenvalue weighted by Gasteiger charge is 2.36. The summed E-state index contributed by atoms with van der Waals surface area (Å²) in [5, 5.41) is 31.3. The van der Waals surface area contributed by atoms with Gasteiger partial charge >= 0.3 is 11.9 Å². The number of aromatic nitrogens is 2. The predicted molar refractivity (Wildman–Crippen MR) is 192 cm³/mol. The van der Waals surface area contributed by atoms with Crippen molar-refractivity contribution >= 4 is 58.3 Å². The molecule has 2 amide bonds. The zero-order valence-corrected chi connectivity index (χ0v) is 29.4. The molecule has 0 spiro atoms. The number of nitrogens with one attached hydrogen (secondary N) is 3. The van der Waals surface area contributed by atoms with E-state index < -0.39 is 35.5 Å². The van der Waals surface area contributed by atoms with Gasteiger partial charge in [-0.2, -0.15) is 5.10 Å². The minimum atomic E-state index is -1.11. The Morgan fingerprint density at radius 3 is 2.23 bits per heavy atom. The van der Waals surface area contributed by atoms with Gasteiger partial charge in [0, 0.05) is 41.9 Å². The van der Waals surface area contributed by atoms with E-state index in [1.54, 1.807) is 42.5 Å². The number of methoxy groups -OCH3 is 1. The molecule has 52 heavy (non-hydrogen) atoms. The van der Waals surface area contributed by atoms with Crippen LogP contribution in [0.1, 0.15) is 57.4 Å². The van der Waals surface area contributed by atoms with Gasteiger partial charge in [0.15, 0.2) is 5.69 Å². The molecule has 1 unspecified atom stereocenters. The highest BCUT2D eigenvalue weighted by atomic mass is 35.5. The average Bonchev–Trinajstić information content (AvgIpc) is 3.79. The van der Waals surface area contributed by atoms with Crippen LogP contribution in [0.25, 0.3) is 11.1 Å². The molecule has 5 N–H and O–H groups in total. The smallest absolute Gasteiger partial charge is 0.317 e. The molecule has 16 heteroatoms. The molecule has 0 saturated carbocycles. The van der Waals surface area contributed by atoms with Crippen molar-refractivity contribution in [3.63, 3.8) is 0 Å². The van der Waals surface area contributed by atoms with Gasteiger partial charge in [-0.25, -0.2) is 4.39 Å². The van der Waals surface area contributed by atoms with Crippen molar-refractivity contribution < 1.29 is 38.5 Å². The van der Waals surface area contributed by atoms with E-state index in [1.165, 1.54) is 13.2 Å². The highest BCUT2D eigenvalue weighted by molar-refractivity contribution is 6.40. The molecule has 272 valence electrons. The first-order valence-electron chi connectivity index (χ1n) is 16.5. The SMILES string of the molecule is COc1cc(C(=O)Nc2cccc(-c3cccc(NC(=O)c4cc5n(n4)CCCC5N4CC[C@@H](C(=O)O)C4)c3Cl)c2Cl)cc(F)c1CNCC(=O)O. The van der Waals surface area contributed by atoms with Gasteiger partial charge in [-0.05, 0) is 56.1 Å². The molecule has 0 aliphatic carbocycles. The summed E-state index contributed by atoms with van der Waals surface area (Å²) in [5.74, 6) is -4.16. The van der Waals surface area contributed by atoms with E-state index in [2.05, 4.69) is 25.9 Å². The Hall–Kier alpha value is -5.02. The van der Waals surface area contributed by atoms with Crippen molar-refractivity contribution in [2.75, 3.05) is 37.4 Å². The van der Waals surface area contributed by atoms with E-state index in [1.807, 2.05) is 4.68 Å². The summed E-state index contributed by atoms with van der Waals surface area (Å²) < 4.78 is 22.1. The molecule has 3 aromatic carbocycles. The summed E-state index contributed by atoms with van der Waals surface area (Å²) in [6.07, 6.45) is 2.29. The lowest BCUT2D eigenvalue weighted by Crippen LogP contribution is -2.32. The third-order valence-electron chi connectivity index (χ3n) is 9.24. The van der Waals surface area contributed by atoms with E-state index in [4.69, 9.17) is 33.0 Å². The number of ether oxygens (including phenoxy) is 1. The fourth-order valence-corrected chi connectivity index (χ4v) is 7.21. The predicted octanol–water partition coefficient (Wildman–Crippen LogP) is 5.92. The summed E-state index contributed by atoms with van der Waals surface area (Å²) >= 11 is 13.6. The zero-order chi connectivity index (χ0) is 37.1. The molecular weight excluding hydrogens is 718 g/mol. The first-order chi connectivity index (χ1) is 24.9. The zero-order valence-electron chi connectivity index (χ0n) is 27.9. The number of carbonyl (C=O) groups excluding carboxylic acids is 2. The molecule has 4 aromatic rings. The van der Waals surface area contributed by atoms with Crippen LogP contribution in [0.2, 0.25) is 10.0 Å². The number of nitrogens with zero attached hydrogens (tertiary/aromatic N) is 3. The molecule has 6 rings (SSSR count). The van der Waals surface area contributed by atoms with E-state index in [9.17, 15) is 24.3 Å². The molecule has 3 heterocycles. The number of aryl methyl sites for hydroxylation is 1. The number of benzene rings is 3. The highest BCUT2D eigenvalue weighted by Crippen LogP contribution is 2.41. The molecular formula is C36H35Cl2FN6O7. The van der Waals surface area contributed by atoms with Crippen LogP contribution in [0.3, 0.4) is 0 Å². The van der Waals surface area contributed by atoms with Crippen LogP contribution in [0, 0.1) is 11.7 Å². The van der Waals surface area contributed by atoms with Crippen LogP contribution in [0.4, 0.5) is 15.8 Å². The number of hydrogen-bond donors (Lipinski definition) is 5. The standard InChI is InChI=1S/C36H35Cl2FN6O7/c1-52-30-14-20(13-24(39)23(30)16-40-17-31(46)47)34(48)41-25-7-2-5-21(32(25)37)22-6-3-8-26(33(22)38)42-35(49)27-15-29-28(9-4-11-45(29)43-27)44-12-10-19(18-44)36(50)51/h2-3,5-8,13-15,19,28,40H,4,9-12,16-18H2,1H3,(H,41,48)(H,42,49)(H,46,47)(H,50,51)/t19-,28?/m1/s1. The number of anilines is 2. The second-order valence-electron chi connectivity index (χ2n) is 12.5. The molecule has 0 radical (unpaired) electrons. The quantitative estimate of drug-likeness (QED) is 0.117. The van der Waals surface area contributed by atoms with Crippen molar-refractivity contribution in [3.8, 4) is 16.9 Å². The minimum absolute atomic E-state index is 0.0258. The number of carbonyl (C=O) groups is 4. The van der Waals surface area contributed by atoms with E-state index in [-0.39, 0.29) is 57.4 Å². The number of halogens is 3. The third kappa shape index (κ3) is 7.75. The van der Waals surface area contributed by atoms with E-state index in [0.29, 0.717) is 42.9 Å². The lowest BCUT2D eigenvalue weighted by Gasteiger charge is -2.31.